The van der Waals surface area contributed by atoms with Crippen molar-refractivity contribution in [3.8, 4) is 0 Å². The highest BCUT2D eigenvalue weighted by atomic mass is 35.5. The Hall–Kier alpha value is -1.89. The van der Waals surface area contributed by atoms with Gasteiger partial charge in [0.25, 0.3) is 5.91 Å². The molecule has 0 fully saturated rings. The molecular formula is C16H19Cl2N5O. The summed E-state index contributed by atoms with van der Waals surface area (Å²) in [4.78, 5) is 22.7. The van der Waals surface area contributed by atoms with Gasteiger partial charge in [-0.15, -0.1) is 0 Å². The number of aryl methyl sites for hydroxylation is 1. The average molecular weight is 368 g/mol. The van der Waals surface area contributed by atoms with Crippen LogP contribution in [0.25, 0.3) is 0 Å². The van der Waals surface area contributed by atoms with Crippen molar-refractivity contribution in [1.29, 1.82) is 0 Å². The molecule has 0 unspecified atom stereocenters. The number of hydrogen-bond donors (Lipinski definition) is 2. The zero-order valence-electron chi connectivity index (χ0n) is 13.7. The lowest BCUT2D eigenvalue weighted by Crippen LogP contribution is -2.32. The topological polar surface area (TPSA) is 70.2 Å². The van der Waals surface area contributed by atoms with Crippen LogP contribution in [0.2, 0.25) is 10.0 Å². The summed E-state index contributed by atoms with van der Waals surface area (Å²) < 4.78 is 0. The van der Waals surface area contributed by atoms with Gasteiger partial charge in [-0.2, -0.15) is 0 Å². The van der Waals surface area contributed by atoms with Crippen molar-refractivity contribution in [2.24, 2.45) is 0 Å². The van der Waals surface area contributed by atoms with Gasteiger partial charge in [0.2, 0.25) is 5.95 Å². The maximum atomic E-state index is 12.2. The van der Waals surface area contributed by atoms with E-state index in [1.807, 2.05) is 19.0 Å². The zero-order chi connectivity index (χ0) is 17.7. The van der Waals surface area contributed by atoms with E-state index in [0.29, 0.717) is 39.6 Å². The lowest BCUT2D eigenvalue weighted by molar-refractivity contribution is 0.0946. The van der Waals surface area contributed by atoms with Gasteiger partial charge in [0.1, 0.15) is 5.69 Å². The molecule has 0 bridgehead atoms. The molecule has 2 aromatic rings. The molecule has 8 heteroatoms. The minimum atomic E-state index is -0.241. The number of likely N-dealkylation sites (N-methyl/N-ethyl adjacent to an activating group) is 1. The van der Waals surface area contributed by atoms with Crippen LogP contribution in [0, 0.1) is 6.92 Å². The van der Waals surface area contributed by atoms with Gasteiger partial charge in [0, 0.05) is 34.5 Å². The van der Waals surface area contributed by atoms with Crippen LogP contribution < -0.4 is 10.6 Å². The molecule has 0 aliphatic carbocycles. The van der Waals surface area contributed by atoms with Crippen molar-refractivity contribution in [1.82, 2.24) is 20.2 Å². The Morgan fingerprint density at radius 1 is 1.12 bits per heavy atom. The number of carbonyl (C=O) groups is 1. The van der Waals surface area contributed by atoms with E-state index in [1.165, 1.54) is 0 Å². The van der Waals surface area contributed by atoms with Crippen molar-refractivity contribution in [3.05, 3.63) is 45.7 Å². The highest BCUT2D eigenvalue weighted by Gasteiger charge is 2.11. The molecule has 6 nitrogen and oxygen atoms in total. The summed E-state index contributed by atoms with van der Waals surface area (Å²) in [7, 11) is 3.89. The van der Waals surface area contributed by atoms with Crippen LogP contribution in [-0.2, 0) is 0 Å². The van der Waals surface area contributed by atoms with E-state index in [-0.39, 0.29) is 5.91 Å². The number of nitrogens with one attached hydrogen (secondary N) is 2. The fraction of sp³-hybridized carbons (Fsp3) is 0.312. The molecule has 0 saturated carbocycles. The van der Waals surface area contributed by atoms with Crippen LogP contribution in [-0.4, -0.2) is 48.0 Å². The Labute approximate surface area is 151 Å². The molecule has 2 N–H and O–H groups in total. The summed E-state index contributed by atoms with van der Waals surface area (Å²) in [5, 5.41) is 6.84. The van der Waals surface area contributed by atoms with Crippen LogP contribution in [0.3, 0.4) is 0 Å². The molecule has 128 valence electrons. The summed E-state index contributed by atoms with van der Waals surface area (Å²) >= 11 is 12.0. The predicted octanol–water partition coefficient (Wildman–Crippen LogP) is 3.13. The molecule has 2 rings (SSSR count). The number of aromatic nitrogens is 2. The molecule has 1 aromatic heterocycles. The molecule has 0 atom stereocenters. The normalized spacial score (nSPS) is 10.8. The molecular weight excluding hydrogens is 349 g/mol. The fourth-order valence-electron chi connectivity index (χ4n) is 1.98. The lowest BCUT2D eigenvalue weighted by Gasteiger charge is -2.11. The predicted molar refractivity (Wildman–Crippen MR) is 97.4 cm³/mol. The van der Waals surface area contributed by atoms with E-state index < -0.39 is 0 Å². The molecule has 1 heterocycles. The molecule has 0 aliphatic heterocycles. The second-order valence-corrected chi connectivity index (χ2v) is 6.43. The van der Waals surface area contributed by atoms with Crippen LogP contribution in [0.1, 0.15) is 16.2 Å². The first-order chi connectivity index (χ1) is 11.3. The SMILES string of the molecule is Cc1cc(C(=O)NCCN(C)C)nc(Nc2cc(Cl)cc(Cl)c2)n1. The smallest absolute Gasteiger partial charge is 0.270 e. The van der Waals surface area contributed by atoms with E-state index in [4.69, 9.17) is 23.2 Å². The monoisotopic (exact) mass is 367 g/mol. The fourth-order valence-corrected chi connectivity index (χ4v) is 2.51. The number of halogens is 2. The Morgan fingerprint density at radius 2 is 1.79 bits per heavy atom. The molecule has 24 heavy (non-hydrogen) atoms. The minimum absolute atomic E-state index is 0.241. The Balaban J connectivity index is 2.14. The van der Waals surface area contributed by atoms with Gasteiger partial charge >= 0.3 is 0 Å². The highest BCUT2D eigenvalue weighted by Crippen LogP contribution is 2.24. The van der Waals surface area contributed by atoms with Crippen LogP contribution in [0.15, 0.2) is 24.3 Å². The van der Waals surface area contributed by atoms with Crippen molar-refractivity contribution < 1.29 is 4.79 Å². The summed E-state index contributed by atoms with van der Waals surface area (Å²) in [5.41, 5.74) is 1.63. The average Bonchev–Trinajstić information content (AvgIpc) is 2.44. The van der Waals surface area contributed by atoms with Crippen molar-refractivity contribution in [3.63, 3.8) is 0 Å². The third-order valence-corrected chi connectivity index (χ3v) is 3.49. The third-order valence-electron chi connectivity index (χ3n) is 3.05. The number of carbonyl (C=O) groups excluding carboxylic acids is 1. The molecule has 0 aliphatic rings. The van der Waals surface area contributed by atoms with Gasteiger partial charge in [-0.25, -0.2) is 9.97 Å². The first kappa shape index (κ1) is 18.4. The summed E-state index contributed by atoms with van der Waals surface area (Å²) in [6.45, 7) is 3.10. The van der Waals surface area contributed by atoms with Gasteiger partial charge in [-0.3, -0.25) is 4.79 Å². The first-order valence-corrected chi connectivity index (χ1v) is 8.11. The quantitative estimate of drug-likeness (QED) is 0.820. The van der Waals surface area contributed by atoms with E-state index in [0.717, 1.165) is 6.54 Å². The minimum Gasteiger partial charge on any atom is -0.349 e. The summed E-state index contributed by atoms with van der Waals surface area (Å²) in [5.74, 6) is 0.0700. The molecule has 0 spiro atoms. The van der Waals surface area contributed by atoms with Gasteiger partial charge in [0.05, 0.1) is 0 Å². The van der Waals surface area contributed by atoms with E-state index in [1.54, 1.807) is 31.2 Å². The first-order valence-electron chi connectivity index (χ1n) is 7.35. The lowest BCUT2D eigenvalue weighted by atomic mass is 10.3. The largest absolute Gasteiger partial charge is 0.349 e. The Morgan fingerprint density at radius 3 is 2.42 bits per heavy atom. The van der Waals surface area contributed by atoms with Crippen molar-refractivity contribution >= 4 is 40.7 Å². The molecule has 0 radical (unpaired) electrons. The number of benzene rings is 1. The highest BCUT2D eigenvalue weighted by molar-refractivity contribution is 6.35. The zero-order valence-corrected chi connectivity index (χ0v) is 15.2. The van der Waals surface area contributed by atoms with E-state index in [9.17, 15) is 4.79 Å². The van der Waals surface area contributed by atoms with E-state index in [2.05, 4.69) is 20.6 Å². The van der Waals surface area contributed by atoms with Crippen LogP contribution in [0.5, 0.6) is 0 Å². The second-order valence-electron chi connectivity index (χ2n) is 5.56. The van der Waals surface area contributed by atoms with Crippen LogP contribution >= 0.6 is 23.2 Å². The number of hydrogen-bond acceptors (Lipinski definition) is 5. The summed E-state index contributed by atoms with van der Waals surface area (Å²) in [6.07, 6.45) is 0. The third kappa shape index (κ3) is 5.63. The van der Waals surface area contributed by atoms with Crippen LogP contribution in [0.4, 0.5) is 11.6 Å². The second kappa shape index (κ2) is 8.28. The number of amides is 1. The Bertz CT molecular complexity index is 716. The maximum absolute atomic E-state index is 12.2. The molecule has 0 saturated heterocycles. The van der Waals surface area contributed by atoms with Crippen molar-refractivity contribution in [2.45, 2.75) is 6.92 Å². The van der Waals surface area contributed by atoms with Gasteiger partial charge in [-0.05, 0) is 45.3 Å². The summed E-state index contributed by atoms with van der Waals surface area (Å²) in [6, 6.07) is 6.68. The van der Waals surface area contributed by atoms with E-state index >= 15 is 0 Å². The van der Waals surface area contributed by atoms with Gasteiger partial charge < -0.3 is 15.5 Å². The number of anilines is 2. The maximum Gasteiger partial charge on any atom is 0.270 e. The number of rotatable bonds is 6. The molecule has 1 amide bonds. The van der Waals surface area contributed by atoms with Gasteiger partial charge in [0.15, 0.2) is 0 Å². The standard InChI is InChI=1S/C16H19Cl2N5O/c1-10-6-14(15(24)19-4-5-23(2)3)22-16(20-10)21-13-8-11(17)7-12(18)9-13/h6-9H,4-5H2,1-3H3,(H,19,24)(H,20,21,22). The molecule has 1 aromatic carbocycles. The Kier molecular flexibility index (Phi) is 6.36. The number of nitrogens with zero attached hydrogens (tertiary/aromatic N) is 3. The van der Waals surface area contributed by atoms with Crippen molar-refractivity contribution in [2.75, 3.05) is 32.5 Å². The van der Waals surface area contributed by atoms with Gasteiger partial charge in [-0.1, -0.05) is 23.2 Å².